The highest BCUT2D eigenvalue weighted by atomic mass is 16.2. The number of aromatic nitrogens is 3. The Morgan fingerprint density at radius 3 is 2.50 bits per heavy atom. The third kappa shape index (κ3) is 2.85. The number of benzene rings is 1. The van der Waals surface area contributed by atoms with E-state index >= 15 is 0 Å². The van der Waals surface area contributed by atoms with Crippen LogP contribution in [-0.4, -0.2) is 20.3 Å². The van der Waals surface area contributed by atoms with Crippen LogP contribution in [0.5, 0.6) is 0 Å². The Balaban J connectivity index is 1.71. The van der Waals surface area contributed by atoms with E-state index in [2.05, 4.69) is 22.0 Å². The highest BCUT2D eigenvalue weighted by Crippen LogP contribution is 2.16. The summed E-state index contributed by atoms with van der Waals surface area (Å²) in [6, 6.07) is 13.2. The molecule has 0 aliphatic heterocycles. The second-order valence-electron chi connectivity index (χ2n) is 5.26. The maximum absolute atomic E-state index is 12.2. The Labute approximate surface area is 139 Å². The Morgan fingerprint density at radius 2 is 1.88 bits per heavy atom. The van der Waals surface area contributed by atoms with Gasteiger partial charge in [0, 0.05) is 30.7 Å². The minimum atomic E-state index is -0.295. The van der Waals surface area contributed by atoms with E-state index in [1.54, 1.807) is 26.1 Å². The molecule has 1 aromatic carbocycles. The summed E-state index contributed by atoms with van der Waals surface area (Å²) in [5.74, 6) is 0.157. The van der Waals surface area contributed by atoms with Crippen LogP contribution < -0.4 is 10.9 Å². The SMILES string of the molecule is Cc1nn(C)c(NNC(=O)c2ccc(-n3cccc3)cc2)c1C#N. The van der Waals surface area contributed by atoms with Gasteiger partial charge in [0.15, 0.2) is 5.82 Å². The summed E-state index contributed by atoms with van der Waals surface area (Å²) < 4.78 is 3.47. The highest BCUT2D eigenvalue weighted by Gasteiger charge is 2.14. The monoisotopic (exact) mass is 320 g/mol. The summed E-state index contributed by atoms with van der Waals surface area (Å²) in [6.45, 7) is 1.74. The number of rotatable bonds is 4. The van der Waals surface area contributed by atoms with Gasteiger partial charge in [-0.2, -0.15) is 10.4 Å². The average Bonchev–Trinajstić information content (AvgIpc) is 3.20. The number of hydrogen-bond acceptors (Lipinski definition) is 4. The van der Waals surface area contributed by atoms with Gasteiger partial charge < -0.3 is 4.57 Å². The van der Waals surface area contributed by atoms with E-state index < -0.39 is 0 Å². The summed E-state index contributed by atoms with van der Waals surface area (Å²) in [6.07, 6.45) is 3.87. The number of nitriles is 1. The van der Waals surface area contributed by atoms with Gasteiger partial charge in [-0.1, -0.05) is 0 Å². The summed E-state index contributed by atoms with van der Waals surface area (Å²) in [4.78, 5) is 12.2. The van der Waals surface area contributed by atoms with Crippen molar-refractivity contribution in [3.05, 3.63) is 65.6 Å². The number of carbonyl (C=O) groups is 1. The molecule has 0 spiro atoms. The number of nitrogens with one attached hydrogen (secondary N) is 2. The predicted octanol–water partition coefficient (Wildman–Crippen LogP) is 2.15. The van der Waals surface area contributed by atoms with Crippen LogP contribution in [0.25, 0.3) is 5.69 Å². The van der Waals surface area contributed by atoms with Crippen molar-refractivity contribution in [1.82, 2.24) is 19.8 Å². The number of carbonyl (C=O) groups excluding carboxylic acids is 1. The lowest BCUT2D eigenvalue weighted by atomic mass is 10.2. The number of anilines is 1. The second-order valence-corrected chi connectivity index (χ2v) is 5.26. The fraction of sp³-hybridized carbons (Fsp3) is 0.118. The molecule has 0 radical (unpaired) electrons. The lowest BCUT2D eigenvalue weighted by Crippen LogP contribution is -2.30. The average molecular weight is 320 g/mol. The molecule has 3 rings (SSSR count). The van der Waals surface area contributed by atoms with Gasteiger partial charge in [-0.3, -0.25) is 20.3 Å². The van der Waals surface area contributed by atoms with Crippen molar-refractivity contribution in [3.8, 4) is 11.8 Å². The molecule has 0 bridgehead atoms. The van der Waals surface area contributed by atoms with Crippen LogP contribution in [0.2, 0.25) is 0 Å². The molecule has 120 valence electrons. The first-order valence-electron chi connectivity index (χ1n) is 7.33. The number of aryl methyl sites for hydroxylation is 2. The van der Waals surface area contributed by atoms with Crippen LogP contribution in [0.1, 0.15) is 21.6 Å². The maximum atomic E-state index is 12.2. The molecule has 0 fully saturated rings. The predicted molar refractivity (Wildman–Crippen MR) is 89.5 cm³/mol. The molecular formula is C17H16N6O. The van der Waals surface area contributed by atoms with E-state index in [-0.39, 0.29) is 5.91 Å². The zero-order valence-corrected chi connectivity index (χ0v) is 13.3. The molecule has 2 aromatic heterocycles. The summed E-state index contributed by atoms with van der Waals surface area (Å²) >= 11 is 0. The number of hydrazine groups is 1. The molecule has 0 aliphatic rings. The molecule has 7 heteroatoms. The van der Waals surface area contributed by atoms with Crippen LogP contribution in [-0.2, 0) is 7.05 Å². The van der Waals surface area contributed by atoms with Crippen molar-refractivity contribution in [2.24, 2.45) is 7.05 Å². The normalized spacial score (nSPS) is 10.2. The molecule has 0 aliphatic carbocycles. The van der Waals surface area contributed by atoms with Crippen molar-refractivity contribution in [2.45, 2.75) is 6.92 Å². The maximum Gasteiger partial charge on any atom is 0.269 e. The van der Waals surface area contributed by atoms with Gasteiger partial charge >= 0.3 is 0 Å². The Kier molecular flexibility index (Phi) is 4.03. The first kappa shape index (κ1) is 15.4. The topological polar surface area (TPSA) is 87.7 Å². The van der Waals surface area contributed by atoms with Crippen LogP contribution in [0.4, 0.5) is 5.82 Å². The van der Waals surface area contributed by atoms with Crippen LogP contribution >= 0.6 is 0 Å². The molecule has 1 amide bonds. The smallest absolute Gasteiger partial charge is 0.269 e. The van der Waals surface area contributed by atoms with Crippen molar-refractivity contribution < 1.29 is 4.79 Å². The molecule has 0 unspecified atom stereocenters. The molecular weight excluding hydrogens is 304 g/mol. The number of amides is 1. The lowest BCUT2D eigenvalue weighted by Gasteiger charge is -2.10. The molecule has 0 saturated carbocycles. The minimum Gasteiger partial charge on any atom is -0.324 e. The third-order valence-corrected chi connectivity index (χ3v) is 3.66. The molecule has 2 heterocycles. The number of nitrogens with zero attached hydrogens (tertiary/aromatic N) is 4. The highest BCUT2D eigenvalue weighted by molar-refractivity contribution is 5.95. The molecule has 0 atom stereocenters. The lowest BCUT2D eigenvalue weighted by molar-refractivity contribution is 0.0962. The molecule has 0 saturated heterocycles. The van der Waals surface area contributed by atoms with Crippen LogP contribution in [0, 0.1) is 18.3 Å². The van der Waals surface area contributed by atoms with Crippen molar-refractivity contribution in [3.63, 3.8) is 0 Å². The fourth-order valence-corrected chi connectivity index (χ4v) is 2.42. The summed E-state index contributed by atoms with van der Waals surface area (Å²) in [7, 11) is 1.70. The summed E-state index contributed by atoms with van der Waals surface area (Å²) in [5, 5.41) is 13.3. The van der Waals surface area contributed by atoms with Crippen LogP contribution in [0.3, 0.4) is 0 Å². The zero-order valence-electron chi connectivity index (χ0n) is 13.3. The third-order valence-electron chi connectivity index (χ3n) is 3.66. The van der Waals surface area contributed by atoms with Crippen LogP contribution in [0.15, 0.2) is 48.8 Å². The molecule has 7 nitrogen and oxygen atoms in total. The van der Waals surface area contributed by atoms with Gasteiger partial charge in [-0.05, 0) is 43.3 Å². The Morgan fingerprint density at radius 1 is 1.21 bits per heavy atom. The van der Waals surface area contributed by atoms with E-state index in [0.717, 1.165) is 5.69 Å². The van der Waals surface area contributed by atoms with Crippen molar-refractivity contribution in [1.29, 1.82) is 5.26 Å². The first-order valence-corrected chi connectivity index (χ1v) is 7.33. The van der Waals surface area contributed by atoms with Gasteiger partial charge in [0.2, 0.25) is 0 Å². The van der Waals surface area contributed by atoms with E-state index in [9.17, 15) is 4.79 Å². The van der Waals surface area contributed by atoms with E-state index in [0.29, 0.717) is 22.6 Å². The molecule has 3 aromatic rings. The molecule has 2 N–H and O–H groups in total. The van der Waals surface area contributed by atoms with E-state index in [4.69, 9.17) is 5.26 Å². The molecule has 24 heavy (non-hydrogen) atoms. The zero-order chi connectivity index (χ0) is 17.1. The Bertz CT molecular complexity index is 900. The van der Waals surface area contributed by atoms with Gasteiger partial charge in [0.25, 0.3) is 5.91 Å². The first-order chi connectivity index (χ1) is 11.6. The van der Waals surface area contributed by atoms with Crippen molar-refractivity contribution in [2.75, 3.05) is 5.43 Å². The fourth-order valence-electron chi connectivity index (χ4n) is 2.42. The van der Waals surface area contributed by atoms with Gasteiger partial charge in [0.1, 0.15) is 11.6 Å². The quantitative estimate of drug-likeness (QED) is 0.721. The largest absolute Gasteiger partial charge is 0.324 e. The van der Waals surface area contributed by atoms with Gasteiger partial charge in [0.05, 0.1) is 5.69 Å². The second kappa shape index (κ2) is 6.30. The van der Waals surface area contributed by atoms with E-state index in [1.165, 1.54) is 4.68 Å². The van der Waals surface area contributed by atoms with Gasteiger partial charge in [-0.25, -0.2) is 0 Å². The van der Waals surface area contributed by atoms with Gasteiger partial charge in [-0.15, -0.1) is 0 Å². The standard InChI is InChI=1S/C17H16N6O/c1-12-15(11-18)16(22(2)21-12)19-20-17(24)13-5-7-14(8-6-13)23-9-3-4-10-23/h3-10,19H,1-2H3,(H,20,24). The Hall–Kier alpha value is -3.53. The van der Waals surface area contributed by atoms with E-state index in [1.807, 2.05) is 41.2 Å². The number of hydrogen-bond donors (Lipinski definition) is 2. The minimum absolute atomic E-state index is 0.295. The van der Waals surface area contributed by atoms with Crippen molar-refractivity contribution >= 4 is 11.7 Å². The summed E-state index contributed by atoms with van der Waals surface area (Å²) in [5.41, 5.74) is 7.85.